The van der Waals surface area contributed by atoms with Gasteiger partial charge in [0.05, 0.1) is 0 Å². The molecule has 9 nitrogen and oxygen atoms in total. The number of anilines is 3. The van der Waals surface area contributed by atoms with Crippen LogP contribution in [0.4, 0.5) is 17.6 Å². The largest absolute Gasteiger partial charge is 0.457 e. The van der Waals surface area contributed by atoms with Crippen molar-refractivity contribution >= 4 is 23.6 Å². The topological polar surface area (TPSA) is 122 Å². The van der Waals surface area contributed by atoms with Crippen molar-refractivity contribution in [2.45, 2.75) is 19.4 Å². The van der Waals surface area contributed by atoms with Gasteiger partial charge in [-0.3, -0.25) is 5.41 Å². The third-order valence-electron chi connectivity index (χ3n) is 4.52. The van der Waals surface area contributed by atoms with Crippen molar-refractivity contribution in [3.63, 3.8) is 0 Å². The first-order chi connectivity index (χ1) is 14.7. The summed E-state index contributed by atoms with van der Waals surface area (Å²) in [6, 6.07) is 17.1. The fourth-order valence-electron chi connectivity index (χ4n) is 3.06. The number of nitrogens with two attached hydrogens (primary N) is 1. The maximum absolute atomic E-state index is 8.00. The molecule has 0 saturated carbocycles. The van der Waals surface area contributed by atoms with Crippen LogP contribution in [0.25, 0.3) is 0 Å². The monoisotopic (exact) mass is 405 g/mol. The van der Waals surface area contributed by atoms with Gasteiger partial charge in [0, 0.05) is 18.8 Å². The lowest BCUT2D eigenvalue weighted by Gasteiger charge is -2.17. The summed E-state index contributed by atoms with van der Waals surface area (Å²) in [4.78, 5) is 14.4. The van der Waals surface area contributed by atoms with Gasteiger partial charge in [-0.25, -0.2) is 0 Å². The molecule has 30 heavy (non-hydrogen) atoms. The van der Waals surface area contributed by atoms with E-state index in [0.717, 1.165) is 43.1 Å². The number of hydrogen-bond acceptors (Lipinski definition) is 8. The number of nitrogen functional groups attached to an aromatic ring is 1. The molecule has 9 heteroatoms. The molecule has 2 heterocycles. The van der Waals surface area contributed by atoms with Gasteiger partial charge < -0.3 is 25.4 Å². The Labute approximate surface area is 174 Å². The molecule has 1 saturated heterocycles. The van der Waals surface area contributed by atoms with Gasteiger partial charge in [0.1, 0.15) is 11.5 Å². The Hall–Kier alpha value is -3.88. The quantitative estimate of drug-likeness (QED) is 0.420. The molecule has 0 spiro atoms. The molecular formula is C21H23N7O2. The number of rotatable bonds is 6. The predicted molar refractivity (Wildman–Crippen MR) is 114 cm³/mol. The van der Waals surface area contributed by atoms with Crippen LogP contribution in [0.5, 0.6) is 11.5 Å². The van der Waals surface area contributed by atoms with Crippen molar-refractivity contribution in [1.82, 2.24) is 19.9 Å². The maximum atomic E-state index is 8.00. The molecule has 0 bridgehead atoms. The highest BCUT2D eigenvalue weighted by Gasteiger charge is 2.16. The number of nitrogens with zero attached hydrogens (tertiary/aromatic N) is 4. The number of aromatic nitrogens is 3. The zero-order chi connectivity index (χ0) is 20.8. The molecule has 0 atom stereocenters. The molecule has 2 aromatic carbocycles. The lowest BCUT2D eigenvalue weighted by atomic mass is 10.3. The molecule has 0 unspecified atom stereocenters. The van der Waals surface area contributed by atoms with Gasteiger partial charge in [-0.05, 0) is 49.2 Å². The average Bonchev–Trinajstić information content (AvgIpc) is 3.29. The number of benzene rings is 2. The van der Waals surface area contributed by atoms with Crippen LogP contribution in [0.2, 0.25) is 0 Å². The number of nitrogens with one attached hydrogen (secondary N) is 2. The second-order valence-electron chi connectivity index (χ2n) is 6.79. The van der Waals surface area contributed by atoms with E-state index >= 15 is 0 Å². The number of ether oxygens (including phenoxy) is 2. The van der Waals surface area contributed by atoms with Gasteiger partial charge in [-0.15, -0.1) is 0 Å². The molecular weight excluding hydrogens is 382 g/mol. The van der Waals surface area contributed by atoms with E-state index in [2.05, 4.69) is 20.3 Å². The summed E-state index contributed by atoms with van der Waals surface area (Å²) >= 11 is 0. The molecule has 1 fully saturated rings. The van der Waals surface area contributed by atoms with Crippen LogP contribution >= 0.6 is 0 Å². The Morgan fingerprint density at radius 1 is 0.967 bits per heavy atom. The minimum absolute atomic E-state index is 0.0561. The third kappa shape index (κ3) is 5.13. The van der Waals surface area contributed by atoms with Crippen LogP contribution in [0, 0.1) is 5.41 Å². The van der Waals surface area contributed by atoms with Gasteiger partial charge >= 0.3 is 0 Å². The van der Waals surface area contributed by atoms with Crippen molar-refractivity contribution in [2.24, 2.45) is 0 Å². The zero-order valence-electron chi connectivity index (χ0n) is 16.4. The minimum atomic E-state index is 0.0561. The maximum Gasteiger partial charge on any atom is 0.284 e. The Morgan fingerprint density at radius 2 is 1.67 bits per heavy atom. The van der Waals surface area contributed by atoms with E-state index in [-0.39, 0.29) is 18.6 Å². The second kappa shape index (κ2) is 9.08. The fraction of sp³-hybridized carbons (Fsp3) is 0.238. The highest BCUT2D eigenvalue weighted by Crippen LogP contribution is 2.23. The first-order valence-corrected chi connectivity index (χ1v) is 9.72. The number of amidine groups is 1. The average molecular weight is 405 g/mol. The SMILES string of the molecule is N=C(OCc1nc(N)nc(Nc2ccc(Oc3ccccc3)cc2)n1)N1CCCC1. The van der Waals surface area contributed by atoms with Gasteiger partial charge in [0.25, 0.3) is 6.02 Å². The van der Waals surface area contributed by atoms with Gasteiger partial charge in [-0.2, -0.15) is 15.0 Å². The summed E-state index contributed by atoms with van der Waals surface area (Å²) in [7, 11) is 0. The molecule has 1 aliphatic heterocycles. The molecule has 154 valence electrons. The standard InChI is InChI=1S/C21H23N7O2/c22-19-25-18(14-29-20(23)28-12-4-5-13-28)26-21(27-19)24-15-8-10-17(11-9-15)30-16-6-2-1-3-7-16/h1-3,6-11,23H,4-5,12-14H2,(H3,22,24,25,26,27). The molecule has 0 radical (unpaired) electrons. The Kier molecular flexibility index (Phi) is 5.88. The summed E-state index contributed by atoms with van der Waals surface area (Å²) in [5, 5.41) is 11.1. The lowest BCUT2D eigenvalue weighted by molar-refractivity contribution is 0.224. The molecule has 1 aliphatic rings. The molecule has 3 aromatic rings. The normalized spacial score (nSPS) is 13.1. The third-order valence-corrected chi connectivity index (χ3v) is 4.52. The summed E-state index contributed by atoms with van der Waals surface area (Å²) in [5.41, 5.74) is 6.59. The fourth-order valence-corrected chi connectivity index (χ4v) is 3.06. The molecule has 4 rings (SSSR count). The molecule has 4 N–H and O–H groups in total. The summed E-state index contributed by atoms with van der Waals surface area (Å²) < 4.78 is 11.3. The van der Waals surface area contributed by atoms with Crippen LogP contribution < -0.4 is 15.8 Å². The lowest BCUT2D eigenvalue weighted by Crippen LogP contribution is -2.29. The van der Waals surface area contributed by atoms with E-state index in [0.29, 0.717) is 11.8 Å². The van der Waals surface area contributed by atoms with Crippen molar-refractivity contribution in [1.29, 1.82) is 5.41 Å². The van der Waals surface area contributed by atoms with E-state index < -0.39 is 0 Å². The van der Waals surface area contributed by atoms with Gasteiger partial charge in [0.15, 0.2) is 12.4 Å². The van der Waals surface area contributed by atoms with Crippen molar-refractivity contribution < 1.29 is 9.47 Å². The summed E-state index contributed by atoms with van der Waals surface area (Å²) in [5.74, 6) is 2.25. The molecule has 0 aliphatic carbocycles. The first kappa shape index (κ1) is 19.4. The first-order valence-electron chi connectivity index (χ1n) is 9.72. The number of hydrogen-bond donors (Lipinski definition) is 3. The van der Waals surface area contributed by atoms with Gasteiger partial charge in [-0.1, -0.05) is 18.2 Å². The highest BCUT2D eigenvalue weighted by atomic mass is 16.5. The van der Waals surface area contributed by atoms with E-state index in [1.807, 2.05) is 59.5 Å². The van der Waals surface area contributed by atoms with Crippen molar-refractivity contribution in [3.8, 4) is 11.5 Å². The highest BCUT2D eigenvalue weighted by molar-refractivity contribution is 5.70. The van der Waals surface area contributed by atoms with E-state index in [1.54, 1.807) is 0 Å². The Morgan fingerprint density at radius 3 is 2.40 bits per heavy atom. The van der Waals surface area contributed by atoms with Crippen LogP contribution in [0.15, 0.2) is 54.6 Å². The van der Waals surface area contributed by atoms with Crippen LogP contribution in [0.1, 0.15) is 18.7 Å². The number of likely N-dealkylation sites (tertiary alicyclic amines) is 1. The van der Waals surface area contributed by atoms with E-state index in [1.165, 1.54) is 0 Å². The van der Waals surface area contributed by atoms with Crippen LogP contribution in [0.3, 0.4) is 0 Å². The minimum Gasteiger partial charge on any atom is -0.457 e. The van der Waals surface area contributed by atoms with Crippen LogP contribution in [-0.2, 0) is 11.3 Å². The van der Waals surface area contributed by atoms with E-state index in [4.69, 9.17) is 20.6 Å². The van der Waals surface area contributed by atoms with Crippen LogP contribution in [-0.4, -0.2) is 39.0 Å². The molecule has 1 aromatic heterocycles. The smallest absolute Gasteiger partial charge is 0.284 e. The van der Waals surface area contributed by atoms with Gasteiger partial charge in [0.2, 0.25) is 11.9 Å². The Balaban J connectivity index is 1.37. The number of para-hydroxylation sites is 1. The van der Waals surface area contributed by atoms with Crippen molar-refractivity contribution in [3.05, 3.63) is 60.4 Å². The zero-order valence-corrected chi connectivity index (χ0v) is 16.4. The second-order valence-corrected chi connectivity index (χ2v) is 6.79. The van der Waals surface area contributed by atoms with E-state index in [9.17, 15) is 0 Å². The predicted octanol–water partition coefficient (Wildman–Crippen LogP) is 3.54. The van der Waals surface area contributed by atoms with Crippen molar-refractivity contribution in [2.75, 3.05) is 24.1 Å². The summed E-state index contributed by atoms with van der Waals surface area (Å²) in [6.45, 7) is 1.74. The summed E-state index contributed by atoms with van der Waals surface area (Å²) in [6.07, 6.45) is 2.15. The molecule has 0 amide bonds. The Bertz CT molecular complexity index is 990.